The van der Waals surface area contributed by atoms with Crippen LogP contribution in [-0.2, 0) is 17.8 Å². The molecule has 0 unspecified atom stereocenters. The third-order valence-corrected chi connectivity index (χ3v) is 3.86. The predicted octanol–water partition coefficient (Wildman–Crippen LogP) is 3.13. The summed E-state index contributed by atoms with van der Waals surface area (Å²) in [5.74, 6) is 0.215. The second-order valence-electron chi connectivity index (χ2n) is 7.03. The van der Waals surface area contributed by atoms with Crippen LogP contribution in [0.25, 0.3) is 0 Å². The highest BCUT2D eigenvalue weighted by molar-refractivity contribution is 5.79. The van der Waals surface area contributed by atoms with E-state index in [0.29, 0.717) is 12.6 Å². The van der Waals surface area contributed by atoms with Gasteiger partial charge >= 0.3 is 0 Å². The molecule has 116 valence electrons. The Balaban J connectivity index is 1.96. The third-order valence-electron chi connectivity index (χ3n) is 3.86. The standard InChI is InChI=1S/C18H28N2O/c1-5-14-6-8-15(9-7-14)13-20(16-10-11-16)17(21)12-19-18(2,3)4/h6-9,16,19H,5,10-13H2,1-4H3. The summed E-state index contributed by atoms with van der Waals surface area (Å²) >= 11 is 0. The molecule has 0 aliphatic heterocycles. The van der Waals surface area contributed by atoms with E-state index in [2.05, 4.69) is 57.3 Å². The van der Waals surface area contributed by atoms with E-state index in [4.69, 9.17) is 0 Å². The molecule has 3 heteroatoms. The van der Waals surface area contributed by atoms with E-state index < -0.39 is 0 Å². The molecule has 1 fully saturated rings. The number of benzene rings is 1. The highest BCUT2D eigenvalue weighted by Gasteiger charge is 2.32. The first kappa shape index (κ1) is 16.0. The Labute approximate surface area is 128 Å². The van der Waals surface area contributed by atoms with E-state index in [1.807, 2.05) is 4.90 Å². The molecule has 21 heavy (non-hydrogen) atoms. The fourth-order valence-corrected chi connectivity index (χ4v) is 2.33. The lowest BCUT2D eigenvalue weighted by molar-refractivity contribution is -0.131. The van der Waals surface area contributed by atoms with Gasteiger partial charge in [-0.3, -0.25) is 4.79 Å². The van der Waals surface area contributed by atoms with Gasteiger partial charge < -0.3 is 10.2 Å². The summed E-state index contributed by atoms with van der Waals surface area (Å²) in [6.07, 6.45) is 3.35. The van der Waals surface area contributed by atoms with Gasteiger partial charge in [0.1, 0.15) is 0 Å². The van der Waals surface area contributed by atoms with Gasteiger partial charge in [-0.15, -0.1) is 0 Å². The Morgan fingerprint density at radius 3 is 2.24 bits per heavy atom. The average Bonchev–Trinajstić information content (AvgIpc) is 3.26. The third kappa shape index (κ3) is 5.16. The number of hydrogen-bond donors (Lipinski definition) is 1. The molecule has 0 heterocycles. The fraction of sp³-hybridized carbons (Fsp3) is 0.611. The molecule has 1 aromatic carbocycles. The molecule has 2 rings (SSSR count). The summed E-state index contributed by atoms with van der Waals surface area (Å²) < 4.78 is 0. The Bertz CT molecular complexity index is 469. The number of nitrogens with one attached hydrogen (secondary N) is 1. The number of carbonyl (C=O) groups excluding carboxylic acids is 1. The van der Waals surface area contributed by atoms with Crippen molar-refractivity contribution in [1.82, 2.24) is 10.2 Å². The average molecular weight is 288 g/mol. The van der Waals surface area contributed by atoms with E-state index >= 15 is 0 Å². The summed E-state index contributed by atoms with van der Waals surface area (Å²) in [5, 5.41) is 3.30. The smallest absolute Gasteiger partial charge is 0.237 e. The van der Waals surface area contributed by atoms with Crippen molar-refractivity contribution in [3.05, 3.63) is 35.4 Å². The topological polar surface area (TPSA) is 32.3 Å². The van der Waals surface area contributed by atoms with Crippen LogP contribution in [0, 0.1) is 0 Å². The highest BCUT2D eigenvalue weighted by atomic mass is 16.2. The Hall–Kier alpha value is -1.35. The maximum atomic E-state index is 12.5. The van der Waals surface area contributed by atoms with Crippen LogP contribution in [-0.4, -0.2) is 28.9 Å². The number of carbonyl (C=O) groups is 1. The molecule has 3 nitrogen and oxygen atoms in total. The van der Waals surface area contributed by atoms with Crippen molar-refractivity contribution in [1.29, 1.82) is 0 Å². The molecule has 0 spiro atoms. The predicted molar refractivity (Wildman–Crippen MR) is 87.1 cm³/mol. The van der Waals surface area contributed by atoms with Gasteiger partial charge in [0, 0.05) is 18.1 Å². The molecular weight excluding hydrogens is 260 g/mol. The minimum absolute atomic E-state index is 0.0202. The van der Waals surface area contributed by atoms with Gasteiger partial charge in [-0.25, -0.2) is 0 Å². The second kappa shape index (κ2) is 6.61. The summed E-state index contributed by atoms with van der Waals surface area (Å²) in [6.45, 7) is 9.58. The van der Waals surface area contributed by atoms with Gasteiger partial charge in [0.2, 0.25) is 5.91 Å². The molecule has 1 aliphatic rings. The molecule has 1 amide bonds. The quantitative estimate of drug-likeness (QED) is 0.872. The van der Waals surface area contributed by atoms with E-state index in [0.717, 1.165) is 25.8 Å². The minimum atomic E-state index is -0.0202. The molecule has 1 saturated carbocycles. The van der Waals surface area contributed by atoms with Crippen LogP contribution >= 0.6 is 0 Å². The van der Waals surface area contributed by atoms with E-state index in [1.165, 1.54) is 11.1 Å². The van der Waals surface area contributed by atoms with Crippen LogP contribution in [0.15, 0.2) is 24.3 Å². The van der Waals surface area contributed by atoms with Gasteiger partial charge in [0.05, 0.1) is 6.54 Å². The van der Waals surface area contributed by atoms with E-state index in [9.17, 15) is 4.79 Å². The van der Waals surface area contributed by atoms with Gasteiger partial charge in [0.25, 0.3) is 0 Å². The maximum absolute atomic E-state index is 12.5. The Morgan fingerprint density at radius 1 is 1.19 bits per heavy atom. The van der Waals surface area contributed by atoms with Crippen LogP contribution in [0.2, 0.25) is 0 Å². The lowest BCUT2D eigenvalue weighted by atomic mass is 10.1. The molecule has 1 aliphatic carbocycles. The molecule has 1 N–H and O–H groups in total. The lowest BCUT2D eigenvalue weighted by Crippen LogP contribution is -2.45. The van der Waals surface area contributed by atoms with Gasteiger partial charge in [-0.2, -0.15) is 0 Å². The summed E-state index contributed by atoms with van der Waals surface area (Å²) in [4.78, 5) is 14.5. The first-order valence-electron chi connectivity index (χ1n) is 8.01. The van der Waals surface area contributed by atoms with Crippen molar-refractivity contribution in [2.45, 2.75) is 65.1 Å². The normalized spacial score (nSPS) is 15.0. The number of hydrogen-bond acceptors (Lipinski definition) is 2. The largest absolute Gasteiger partial charge is 0.334 e. The monoisotopic (exact) mass is 288 g/mol. The number of aryl methyl sites for hydroxylation is 1. The molecule has 0 aromatic heterocycles. The van der Waals surface area contributed by atoms with E-state index in [-0.39, 0.29) is 11.4 Å². The summed E-state index contributed by atoms with van der Waals surface area (Å²) in [5.41, 5.74) is 2.55. The van der Waals surface area contributed by atoms with E-state index in [1.54, 1.807) is 0 Å². The number of amides is 1. The van der Waals surface area contributed by atoms with Crippen molar-refractivity contribution < 1.29 is 4.79 Å². The number of rotatable bonds is 6. The molecule has 0 bridgehead atoms. The fourth-order valence-electron chi connectivity index (χ4n) is 2.33. The summed E-state index contributed by atoms with van der Waals surface area (Å²) in [7, 11) is 0. The van der Waals surface area contributed by atoms with Crippen molar-refractivity contribution >= 4 is 5.91 Å². The highest BCUT2D eigenvalue weighted by Crippen LogP contribution is 2.28. The van der Waals surface area contributed by atoms with Crippen LogP contribution < -0.4 is 5.32 Å². The van der Waals surface area contributed by atoms with Crippen molar-refractivity contribution in [3.8, 4) is 0 Å². The van der Waals surface area contributed by atoms with Crippen LogP contribution in [0.1, 0.15) is 51.7 Å². The van der Waals surface area contributed by atoms with Crippen LogP contribution in [0.3, 0.4) is 0 Å². The van der Waals surface area contributed by atoms with Crippen molar-refractivity contribution in [2.75, 3.05) is 6.54 Å². The second-order valence-corrected chi connectivity index (χ2v) is 7.03. The number of nitrogens with zero attached hydrogens (tertiary/aromatic N) is 1. The summed E-state index contributed by atoms with van der Waals surface area (Å²) in [6, 6.07) is 9.08. The molecule has 0 saturated heterocycles. The zero-order valence-corrected chi connectivity index (χ0v) is 13.8. The van der Waals surface area contributed by atoms with Gasteiger partial charge in [-0.1, -0.05) is 31.2 Å². The Kier molecular flexibility index (Phi) is 5.04. The molecule has 0 radical (unpaired) electrons. The van der Waals surface area contributed by atoms with Crippen molar-refractivity contribution in [3.63, 3.8) is 0 Å². The zero-order valence-electron chi connectivity index (χ0n) is 13.8. The maximum Gasteiger partial charge on any atom is 0.237 e. The first-order valence-corrected chi connectivity index (χ1v) is 8.01. The lowest BCUT2D eigenvalue weighted by Gasteiger charge is -2.26. The first-order chi connectivity index (χ1) is 9.89. The molecular formula is C18H28N2O. The Morgan fingerprint density at radius 2 is 1.76 bits per heavy atom. The van der Waals surface area contributed by atoms with Crippen molar-refractivity contribution in [2.24, 2.45) is 0 Å². The van der Waals surface area contributed by atoms with Gasteiger partial charge in [-0.05, 0) is 51.2 Å². The van der Waals surface area contributed by atoms with Crippen LogP contribution in [0.5, 0.6) is 0 Å². The van der Waals surface area contributed by atoms with Crippen LogP contribution in [0.4, 0.5) is 0 Å². The molecule has 1 aromatic rings. The van der Waals surface area contributed by atoms with Gasteiger partial charge in [0.15, 0.2) is 0 Å². The minimum Gasteiger partial charge on any atom is -0.334 e. The molecule has 0 atom stereocenters. The zero-order chi connectivity index (χ0) is 15.5. The SMILES string of the molecule is CCc1ccc(CN(C(=O)CNC(C)(C)C)C2CC2)cc1.